The molecule has 0 saturated heterocycles. The van der Waals surface area contributed by atoms with Gasteiger partial charge in [0, 0.05) is 36.4 Å². The fourth-order valence-corrected chi connectivity index (χ4v) is 7.61. The Morgan fingerprint density at radius 2 is 0.800 bits per heavy atom. The van der Waals surface area contributed by atoms with E-state index in [1.807, 2.05) is 37.1 Å². The molecule has 0 radical (unpaired) electrons. The lowest BCUT2D eigenvalue weighted by Crippen LogP contribution is -1.91. The van der Waals surface area contributed by atoms with Gasteiger partial charge in [0.25, 0.3) is 0 Å². The summed E-state index contributed by atoms with van der Waals surface area (Å²) in [5.74, 6) is 0. The van der Waals surface area contributed by atoms with Gasteiger partial charge in [-0.25, -0.2) is 0 Å². The van der Waals surface area contributed by atoms with E-state index in [1.54, 1.807) is 0 Å². The van der Waals surface area contributed by atoms with Gasteiger partial charge >= 0.3 is 0 Å². The number of benzene rings is 7. The van der Waals surface area contributed by atoms with Gasteiger partial charge in [0.1, 0.15) is 0 Å². The smallest absolute Gasteiger partial charge is 0.0702 e. The highest BCUT2D eigenvalue weighted by Crippen LogP contribution is 2.44. The van der Waals surface area contributed by atoms with Crippen molar-refractivity contribution in [1.82, 2.24) is 15.0 Å². The molecule has 3 heterocycles. The number of hydrogen-bond donors (Lipinski definition) is 0. The average molecular weight is 636 g/mol. The molecule has 0 N–H and O–H groups in total. The van der Waals surface area contributed by atoms with Crippen LogP contribution in [0.2, 0.25) is 0 Å². The molecular formula is C47H29N3. The van der Waals surface area contributed by atoms with E-state index in [1.165, 1.54) is 65.7 Å². The van der Waals surface area contributed by atoms with Crippen molar-refractivity contribution in [3.8, 4) is 55.6 Å². The Morgan fingerprint density at radius 1 is 0.300 bits per heavy atom. The molecule has 0 fully saturated rings. The third kappa shape index (κ3) is 4.71. The minimum Gasteiger partial charge on any atom is -0.265 e. The highest BCUT2D eigenvalue weighted by Gasteiger charge is 2.16. The van der Waals surface area contributed by atoms with E-state index in [4.69, 9.17) is 0 Å². The lowest BCUT2D eigenvalue weighted by Gasteiger charge is -2.18. The predicted molar refractivity (Wildman–Crippen MR) is 208 cm³/mol. The Bertz CT molecular complexity index is 2790. The first-order valence-electron chi connectivity index (χ1n) is 16.9. The van der Waals surface area contributed by atoms with E-state index in [0.717, 1.165) is 33.2 Å². The van der Waals surface area contributed by atoms with E-state index in [2.05, 4.69) is 154 Å². The van der Waals surface area contributed by atoms with Crippen molar-refractivity contribution >= 4 is 43.2 Å². The summed E-state index contributed by atoms with van der Waals surface area (Å²) in [6, 6.07) is 53.0. The number of hydrogen-bond acceptors (Lipinski definition) is 3. The lowest BCUT2D eigenvalue weighted by molar-refractivity contribution is 1.33. The van der Waals surface area contributed by atoms with Gasteiger partial charge in [-0.3, -0.25) is 15.0 Å². The summed E-state index contributed by atoms with van der Waals surface area (Å²) < 4.78 is 0. The van der Waals surface area contributed by atoms with Crippen molar-refractivity contribution in [2.75, 3.05) is 0 Å². The van der Waals surface area contributed by atoms with Crippen molar-refractivity contribution in [2.45, 2.75) is 0 Å². The molecule has 0 aliphatic heterocycles. The quantitative estimate of drug-likeness (QED) is 0.177. The molecule has 0 aliphatic carbocycles. The topological polar surface area (TPSA) is 38.7 Å². The highest BCUT2D eigenvalue weighted by atomic mass is 14.6. The molecule has 0 bridgehead atoms. The Kier molecular flexibility index (Phi) is 6.49. The van der Waals surface area contributed by atoms with Crippen molar-refractivity contribution in [1.29, 1.82) is 0 Å². The first-order chi connectivity index (χ1) is 24.8. The maximum absolute atomic E-state index is 4.48. The van der Waals surface area contributed by atoms with Crippen LogP contribution in [0.25, 0.3) is 98.9 Å². The summed E-state index contributed by atoms with van der Waals surface area (Å²) in [5.41, 5.74) is 12.9. The largest absolute Gasteiger partial charge is 0.265 e. The summed E-state index contributed by atoms with van der Waals surface area (Å²) in [5, 5.41) is 8.79. The second kappa shape index (κ2) is 11.5. The molecule has 10 aromatic rings. The van der Waals surface area contributed by atoms with Crippen molar-refractivity contribution in [2.24, 2.45) is 0 Å². The van der Waals surface area contributed by atoms with E-state index in [0.29, 0.717) is 0 Å². The third-order valence-corrected chi connectivity index (χ3v) is 10.1. The van der Waals surface area contributed by atoms with E-state index < -0.39 is 0 Å². The van der Waals surface area contributed by atoms with Crippen LogP contribution in [-0.2, 0) is 0 Å². The molecule has 0 saturated carbocycles. The predicted octanol–water partition coefficient (Wildman–Crippen LogP) is 12.3. The zero-order valence-electron chi connectivity index (χ0n) is 27.1. The number of aromatic nitrogens is 3. The number of rotatable bonds is 5. The second-order valence-corrected chi connectivity index (χ2v) is 12.9. The molecule has 232 valence electrons. The zero-order chi connectivity index (χ0) is 33.0. The van der Waals surface area contributed by atoms with Crippen molar-refractivity contribution in [3.05, 3.63) is 177 Å². The number of pyridine rings is 3. The van der Waals surface area contributed by atoms with E-state index in [9.17, 15) is 0 Å². The van der Waals surface area contributed by atoms with Crippen LogP contribution in [0.3, 0.4) is 0 Å². The Balaban J connectivity index is 1.13. The van der Waals surface area contributed by atoms with Gasteiger partial charge in [-0.05, 0) is 149 Å². The Morgan fingerprint density at radius 3 is 1.42 bits per heavy atom. The lowest BCUT2D eigenvalue weighted by atomic mass is 9.86. The van der Waals surface area contributed by atoms with Gasteiger partial charge in [-0.2, -0.15) is 0 Å². The van der Waals surface area contributed by atoms with Crippen LogP contribution in [0.1, 0.15) is 0 Å². The molecule has 0 atom stereocenters. The van der Waals surface area contributed by atoms with Crippen LogP contribution in [0, 0.1) is 0 Å². The molecule has 7 aromatic carbocycles. The van der Waals surface area contributed by atoms with Gasteiger partial charge < -0.3 is 0 Å². The molecule has 3 aromatic heterocycles. The summed E-state index contributed by atoms with van der Waals surface area (Å²) >= 11 is 0. The molecule has 0 unspecified atom stereocenters. The molecule has 0 aliphatic rings. The number of nitrogens with zero attached hydrogens (tertiary/aromatic N) is 3. The van der Waals surface area contributed by atoms with Gasteiger partial charge in [-0.15, -0.1) is 0 Å². The van der Waals surface area contributed by atoms with Crippen LogP contribution in [-0.4, -0.2) is 15.0 Å². The first-order valence-corrected chi connectivity index (χ1v) is 16.9. The van der Waals surface area contributed by atoms with Crippen LogP contribution < -0.4 is 0 Å². The standard InChI is InChI=1S/C47H29N3/c1-2-37-26-36(11-16-45(37)50-21-1)30-3-5-33(6-4-30)41-12-9-34-7-8-35-10-13-42(44-15-14-43(41)46(34)47(35)44)40-28-38(31-17-22-48-23-18-31)27-39(29-40)32-19-24-49-25-20-32/h1-29H. The van der Waals surface area contributed by atoms with Gasteiger partial charge in [-0.1, -0.05) is 84.9 Å². The molecule has 50 heavy (non-hydrogen) atoms. The van der Waals surface area contributed by atoms with Crippen LogP contribution in [0.4, 0.5) is 0 Å². The van der Waals surface area contributed by atoms with Crippen LogP contribution in [0.5, 0.6) is 0 Å². The summed E-state index contributed by atoms with van der Waals surface area (Å²) in [6.07, 6.45) is 9.27. The highest BCUT2D eigenvalue weighted by molar-refractivity contribution is 6.27. The third-order valence-electron chi connectivity index (χ3n) is 10.1. The molecule has 0 spiro atoms. The normalized spacial score (nSPS) is 11.6. The minimum atomic E-state index is 1.01. The summed E-state index contributed by atoms with van der Waals surface area (Å²) in [6.45, 7) is 0. The maximum atomic E-state index is 4.48. The minimum absolute atomic E-state index is 1.01. The molecule has 0 amide bonds. The Labute approximate surface area is 289 Å². The number of fused-ring (bicyclic) bond motifs is 1. The van der Waals surface area contributed by atoms with E-state index in [-0.39, 0.29) is 0 Å². The SMILES string of the molecule is c1cnc2ccc(-c3ccc(-c4ccc5ccc6ccc(-c7cc(-c8ccncc8)cc(-c8ccncc8)c7)c7ccc4c5c67)cc3)cc2c1. The fourth-order valence-electron chi connectivity index (χ4n) is 7.61. The summed E-state index contributed by atoms with van der Waals surface area (Å²) in [4.78, 5) is 13.0. The van der Waals surface area contributed by atoms with Gasteiger partial charge in [0.2, 0.25) is 0 Å². The second-order valence-electron chi connectivity index (χ2n) is 12.9. The average Bonchev–Trinajstić information content (AvgIpc) is 3.20. The molecule has 3 nitrogen and oxygen atoms in total. The molecule has 10 rings (SSSR count). The van der Waals surface area contributed by atoms with Crippen molar-refractivity contribution in [3.63, 3.8) is 0 Å². The summed E-state index contributed by atoms with van der Waals surface area (Å²) in [7, 11) is 0. The zero-order valence-corrected chi connectivity index (χ0v) is 27.1. The fraction of sp³-hybridized carbons (Fsp3) is 0. The molecular weight excluding hydrogens is 607 g/mol. The molecule has 3 heteroatoms. The van der Waals surface area contributed by atoms with Gasteiger partial charge in [0.05, 0.1) is 5.52 Å². The monoisotopic (exact) mass is 635 g/mol. The van der Waals surface area contributed by atoms with Crippen molar-refractivity contribution < 1.29 is 0 Å². The first kappa shape index (κ1) is 28.3. The van der Waals surface area contributed by atoms with Gasteiger partial charge in [0.15, 0.2) is 0 Å². The maximum Gasteiger partial charge on any atom is 0.0702 e. The van der Waals surface area contributed by atoms with Crippen LogP contribution in [0.15, 0.2) is 177 Å². The van der Waals surface area contributed by atoms with Crippen LogP contribution >= 0.6 is 0 Å². The van der Waals surface area contributed by atoms with E-state index >= 15 is 0 Å². The Hall–Kier alpha value is -6.71.